The van der Waals surface area contributed by atoms with Gasteiger partial charge >= 0.3 is 0 Å². The highest BCUT2D eigenvalue weighted by atomic mass is 19.1. The Morgan fingerprint density at radius 1 is 1.21 bits per heavy atom. The molecule has 0 atom stereocenters. The summed E-state index contributed by atoms with van der Waals surface area (Å²) in [5, 5.41) is 0. The molecule has 0 radical (unpaired) electrons. The van der Waals surface area contributed by atoms with E-state index < -0.39 is 0 Å². The van der Waals surface area contributed by atoms with Gasteiger partial charge in [0, 0.05) is 11.3 Å². The third kappa shape index (κ3) is 2.24. The normalized spacial score (nSPS) is 13.7. The van der Waals surface area contributed by atoms with Crippen LogP contribution in [0.25, 0.3) is 5.57 Å². The number of halogens is 1. The smallest absolute Gasteiger partial charge is 0.137 e. The fourth-order valence-corrected chi connectivity index (χ4v) is 2.38. The first-order valence-electron chi connectivity index (χ1n) is 6.27. The quantitative estimate of drug-likeness (QED) is 0.817. The molecule has 0 saturated heterocycles. The van der Waals surface area contributed by atoms with Gasteiger partial charge in [-0.15, -0.1) is 0 Å². The second kappa shape index (κ2) is 4.84. The summed E-state index contributed by atoms with van der Waals surface area (Å²) in [6, 6.07) is 8.57. The Labute approximate surface area is 111 Å². The molecule has 0 amide bonds. The van der Waals surface area contributed by atoms with Crippen LogP contribution in [0.3, 0.4) is 0 Å². The Kier molecular flexibility index (Phi) is 3.03. The van der Waals surface area contributed by atoms with Crippen LogP contribution in [0, 0.1) is 5.82 Å². The van der Waals surface area contributed by atoms with E-state index in [4.69, 9.17) is 4.74 Å². The number of allylic oxidation sites excluding steroid dienone is 1. The molecule has 0 N–H and O–H groups in total. The van der Waals surface area contributed by atoms with Gasteiger partial charge in [0.1, 0.15) is 11.6 Å². The second-order valence-electron chi connectivity index (χ2n) is 4.53. The number of pyridine rings is 1. The first-order valence-corrected chi connectivity index (χ1v) is 6.27. The van der Waals surface area contributed by atoms with E-state index in [-0.39, 0.29) is 5.82 Å². The third-order valence-corrected chi connectivity index (χ3v) is 3.36. The molecular formula is C16H14FNO. The molecule has 0 spiro atoms. The maximum absolute atomic E-state index is 13.0. The van der Waals surface area contributed by atoms with Gasteiger partial charge in [-0.3, -0.25) is 4.98 Å². The number of nitrogens with zero attached hydrogens (tertiary/aromatic N) is 1. The lowest BCUT2D eigenvalue weighted by molar-refractivity contribution is 0.412. The van der Waals surface area contributed by atoms with Gasteiger partial charge in [0.15, 0.2) is 0 Å². The molecule has 1 aromatic carbocycles. The van der Waals surface area contributed by atoms with E-state index in [1.807, 2.05) is 6.07 Å². The maximum Gasteiger partial charge on any atom is 0.137 e. The van der Waals surface area contributed by atoms with E-state index in [9.17, 15) is 4.39 Å². The van der Waals surface area contributed by atoms with Crippen LogP contribution in [-0.2, 0) is 6.42 Å². The van der Waals surface area contributed by atoms with Gasteiger partial charge in [-0.1, -0.05) is 18.2 Å². The summed E-state index contributed by atoms with van der Waals surface area (Å²) in [5.41, 5.74) is 4.27. The number of ether oxygens (including phenoxy) is 1. The fourth-order valence-electron chi connectivity index (χ4n) is 2.38. The van der Waals surface area contributed by atoms with Gasteiger partial charge in [-0.05, 0) is 42.2 Å². The van der Waals surface area contributed by atoms with Crippen molar-refractivity contribution in [2.24, 2.45) is 0 Å². The van der Waals surface area contributed by atoms with E-state index >= 15 is 0 Å². The molecule has 0 bridgehead atoms. The number of aryl methyl sites for hydroxylation is 1. The van der Waals surface area contributed by atoms with E-state index in [2.05, 4.69) is 11.1 Å². The summed E-state index contributed by atoms with van der Waals surface area (Å²) in [6.45, 7) is 0. The van der Waals surface area contributed by atoms with Crippen molar-refractivity contribution in [3.63, 3.8) is 0 Å². The highest BCUT2D eigenvalue weighted by Crippen LogP contribution is 2.32. The molecule has 0 fully saturated rings. The largest absolute Gasteiger partial charge is 0.495 e. The molecule has 19 heavy (non-hydrogen) atoms. The summed E-state index contributed by atoms with van der Waals surface area (Å²) in [5.74, 6) is 0.526. The molecule has 96 valence electrons. The zero-order valence-corrected chi connectivity index (χ0v) is 10.7. The predicted molar refractivity (Wildman–Crippen MR) is 72.6 cm³/mol. The number of rotatable bonds is 2. The van der Waals surface area contributed by atoms with Crippen LogP contribution in [-0.4, -0.2) is 12.1 Å². The Hall–Kier alpha value is -2.16. The molecule has 2 nitrogen and oxygen atoms in total. The standard InChI is InChI=1S/C16H14FNO/c1-19-13-9-15-14(3-2-4-16(15)18-10-13)11-5-7-12(17)8-6-11/h3,5-10H,2,4H2,1H3. The zero-order valence-electron chi connectivity index (χ0n) is 10.7. The van der Waals surface area contributed by atoms with Crippen molar-refractivity contribution in [2.75, 3.05) is 7.11 Å². The third-order valence-electron chi connectivity index (χ3n) is 3.36. The molecule has 0 aliphatic heterocycles. The van der Waals surface area contributed by atoms with Crippen LogP contribution >= 0.6 is 0 Å². The van der Waals surface area contributed by atoms with E-state index in [0.717, 1.165) is 41.0 Å². The molecule has 0 unspecified atom stereocenters. The average Bonchev–Trinajstić information content (AvgIpc) is 2.47. The highest BCUT2D eigenvalue weighted by molar-refractivity contribution is 5.82. The minimum Gasteiger partial charge on any atom is -0.495 e. The van der Waals surface area contributed by atoms with Crippen molar-refractivity contribution in [1.29, 1.82) is 0 Å². The molecule has 3 heteroatoms. The Bertz CT molecular complexity index is 632. The van der Waals surface area contributed by atoms with Crippen molar-refractivity contribution in [3.8, 4) is 5.75 Å². The minimum atomic E-state index is -0.218. The van der Waals surface area contributed by atoms with Gasteiger partial charge in [-0.2, -0.15) is 0 Å². The lowest BCUT2D eigenvalue weighted by atomic mass is 9.90. The molecule has 1 aliphatic carbocycles. The number of benzene rings is 1. The molecular weight excluding hydrogens is 241 g/mol. The van der Waals surface area contributed by atoms with E-state index in [1.54, 1.807) is 25.4 Å². The molecule has 0 saturated carbocycles. The van der Waals surface area contributed by atoms with Crippen LogP contribution in [0.5, 0.6) is 5.75 Å². The second-order valence-corrected chi connectivity index (χ2v) is 4.53. The first-order chi connectivity index (χ1) is 9.28. The molecule has 3 rings (SSSR count). The molecule has 1 heterocycles. The number of hydrogen-bond donors (Lipinski definition) is 0. The minimum absolute atomic E-state index is 0.218. The monoisotopic (exact) mass is 255 g/mol. The Morgan fingerprint density at radius 3 is 2.74 bits per heavy atom. The SMILES string of the molecule is COc1cnc2c(c1)C(c1ccc(F)cc1)=CCC2. The maximum atomic E-state index is 13.0. The van der Waals surface area contributed by atoms with Gasteiger partial charge in [0.2, 0.25) is 0 Å². The topological polar surface area (TPSA) is 22.1 Å². The molecule has 1 aliphatic rings. The van der Waals surface area contributed by atoms with E-state index in [1.165, 1.54) is 12.1 Å². The summed E-state index contributed by atoms with van der Waals surface area (Å²) in [4.78, 5) is 4.44. The van der Waals surface area contributed by atoms with Crippen LogP contribution in [0.4, 0.5) is 4.39 Å². The molecule has 2 aromatic rings. The summed E-state index contributed by atoms with van der Waals surface area (Å²) < 4.78 is 18.3. The van der Waals surface area contributed by atoms with Crippen molar-refractivity contribution >= 4 is 5.57 Å². The predicted octanol–water partition coefficient (Wildman–Crippen LogP) is 3.61. The van der Waals surface area contributed by atoms with Crippen molar-refractivity contribution < 1.29 is 9.13 Å². The van der Waals surface area contributed by atoms with Crippen LogP contribution in [0.2, 0.25) is 0 Å². The number of methoxy groups -OCH3 is 1. The average molecular weight is 255 g/mol. The summed E-state index contributed by atoms with van der Waals surface area (Å²) in [7, 11) is 1.63. The molecule has 1 aromatic heterocycles. The Morgan fingerprint density at radius 2 is 2.00 bits per heavy atom. The van der Waals surface area contributed by atoms with Crippen LogP contribution in [0.1, 0.15) is 23.2 Å². The highest BCUT2D eigenvalue weighted by Gasteiger charge is 2.16. The Balaban J connectivity index is 2.09. The number of fused-ring (bicyclic) bond motifs is 1. The fraction of sp³-hybridized carbons (Fsp3) is 0.188. The number of aromatic nitrogens is 1. The lowest BCUT2D eigenvalue weighted by Crippen LogP contribution is -2.04. The van der Waals surface area contributed by atoms with Gasteiger partial charge in [-0.25, -0.2) is 4.39 Å². The van der Waals surface area contributed by atoms with Gasteiger partial charge in [0.05, 0.1) is 13.3 Å². The van der Waals surface area contributed by atoms with Crippen molar-refractivity contribution in [2.45, 2.75) is 12.8 Å². The summed E-state index contributed by atoms with van der Waals surface area (Å²) in [6.07, 6.45) is 5.81. The zero-order chi connectivity index (χ0) is 13.2. The van der Waals surface area contributed by atoms with Gasteiger partial charge in [0.25, 0.3) is 0 Å². The van der Waals surface area contributed by atoms with Crippen molar-refractivity contribution in [3.05, 3.63) is 65.2 Å². The summed E-state index contributed by atoms with van der Waals surface area (Å²) >= 11 is 0. The van der Waals surface area contributed by atoms with Crippen LogP contribution < -0.4 is 4.74 Å². The van der Waals surface area contributed by atoms with Crippen molar-refractivity contribution in [1.82, 2.24) is 4.98 Å². The lowest BCUT2D eigenvalue weighted by Gasteiger charge is -2.18. The first kappa shape index (κ1) is 11.9. The van der Waals surface area contributed by atoms with Gasteiger partial charge < -0.3 is 4.74 Å². The van der Waals surface area contributed by atoms with E-state index in [0.29, 0.717) is 0 Å². The number of hydrogen-bond acceptors (Lipinski definition) is 2. The van der Waals surface area contributed by atoms with Crippen LogP contribution in [0.15, 0.2) is 42.6 Å².